The number of aromatic nitrogens is 2. The molecule has 2 heterocycles. The van der Waals surface area contributed by atoms with E-state index in [1.165, 1.54) is 15.8 Å². The highest BCUT2D eigenvalue weighted by atomic mass is 35.5. The average Bonchev–Trinajstić information content (AvgIpc) is 2.93. The molecule has 0 aliphatic rings. The molecule has 110 valence electrons. The summed E-state index contributed by atoms with van der Waals surface area (Å²) in [7, 11) is 0. The molecular formula is C15H14ClFN2S2. The van der Waals surface area contributed by atoms with Crippen LogP contribution in [0.3, 0.4) is 0 Å². The number of aromatic amines is 1. The molecule has 0 fully saturated rings. The number of halogens is 2. The van der Waals surface area contributed by atoms with Crippen molar-refractivity contribution in [3.8, 4) is 0 Å². The minimum absolute atomic E-state index is 0.115. The summed E-state index contributed by atoms with van der Waals surface area (Å²) >= 11 is 13.1. The standard InChI is InChI=1S/C15H14ClFN2S2/c1-8(5-10-4-3-9(2)21-10)19-14-6-11(16)12(17)7-13(14)18-15(19)20/h3-4,6-8H,5H2,1-2H3,(H,18,20). The fourth-order valence-electron chi connectivity index (χ4n) is 2.54. The molecule has 3 rings (SSSR count). The molecular weight excluding hydrogens is 327 g/mol. The van der Waals surface area contributed by atoms with Gasteiger partial charge in [-0.2, -0.15) is 0 Å². The highest BCUT2D eigenvalue weighted by Crippen LogP contribution is 2.28. The van der Waals surface area contributed by atoms with E-state index in [4.69, 9.17) is 23.8 Å². The van der Waals surface area contributed by atoms with Crippen molar-refractivity contribution in [3.63, 3.8) is 0 Å². The molecule has 2 nitrogen and oxygen atoms in total. The van der Waals surface area contributed by atoms with Crippen molar-refractivity contribution in [1.82, 2.24) is 9.55 Å². The first kappa shape index (κ1) is 14.8. The monoisotopic (exact) mass is 340 g/mol. The number of nitrogens with zero attached hydrogens (tertiary/aromatic N) is 1. The number of nitrogens with one attached hydrogen (secondary N) is 1. The van der Waals surface area contributed by atoms with E-state index in [1.54, 1.807) is 17.4 Å². The summed E-state index contributed by atoms with van der Waals surface area (Å²) in [6.45, 7) is 4.20. The Hall–Kier alpha value is -1.17. The van der Waals surface area contributed by atoms with Crippen molar-refractivity contribution in [2.45, 2.75) is 26.3 Å². The number of imidazole rings is 1. The Morgan fingerprint density at radius 3 is 2.86 bits per heavy atom. The number of hydrogen-bond acceptors (Lipinski definition) is 2. The van der Waals surface area contributed by atoms with Crippen molar-refractivity contribution in [2.24, 2.45) is 0 Å². The molecule has 1 atom stereocenters. The number of hydrogen-bond donors (Lipinski definition) is 1. The van der Waals surface area contributed by atoms with Gasteiger partial charge in [-0.1, -0.05) is 11.6 Å². The van der Waals surface area contributed by atoms with Crippen LogP contribution in [-0.2, 0) is 6.42 Å². The lowest BCUT2D eigenvalue weighted by Crippen LogP contribution is -2.07. The lowest BCUT2D eigenvalue weighted by Gasteiger charge is -2.14. The van der Waals surface area contributed by atoms with Gasteiger partial charge in [0.2, 0.25) is 0 Å². The van der Waals surface area contributed by atoms with Gasteiger partial charge in [-0.15, -0.1) is 11.3 Å². The van der Waals surface area contributed by atoms with E-state index >= 15 is 0 Å². The molecule has 0 amide bonds. The van der Waals surface area contributed by atoms with Gasteiger partial charge in [-0.3, -0.25) is 0 Å². The predicted octanol–water partition coefficient (Wildman–Crippen LogP) is 5.67. The zero-order valence-corrected chi connectivity index (χ0v) is 14.0. The molecule has 6 heteroatoms. The van der Waals surface area contributed by atoms with Crippen LogP contribution >= 0.6 is 35.2 Å². The highest BCUT2D eigenvalue weighted by molar-refractivity contribution is 7.71. The molecule has 0 bridgehead atoms. The van der Waals surface area contributed by atoms with Gasteiger partial charge in [-0.25, -0.2) is 4.39 Å². The summed E-state index contributed by atoms with van der Waals surface area (Å²) in [5, 5.41) is 0.115. The maximum atomic E-state index is 13.5. The SMILES string of the molecule is Cc1ccc(CC(C)n2c(=S)[nH]c3cc(F)c(Cl)cc32)s1. The van der Waals surface area contributed by atoms with E-state index in [1.807, 2.05) is 4.57 Å². The van der Waals surface area contributed by atoms with Crippen LogP contribution in [0.2, 0.25) is 5.02 Å². The molecule has 0 saturated carbocycles. The number of thiophene rings is 1. The van der Waals surface area contributed by atoms with Gasteiger partial charge >= 0.3 is 0 Å². The summed E-state index contributed by atoms with van der Waals surface area (Å²) in [6, 6.07) is 7.46. The zero-order valence-electron chi connectivity index (χ0n) is 11.6. The first-order chi connectivity index (χ1) is 9.95. The largest absolute Gasteiger partial charge is 0.330 e. The third kappa shape index (κ3) is 2.78. The van der Waals surface area contributed by atoms with Gasteiger partial charge in [-0.05, 0) is 44.3 Å². The summed E-state index contributed by atoms with van der Waals surface area (Å²) in [6.07, 6.45) is 0.884. The molecule has 1 aromatic carbocycles. The van der Waals surface area contributed by atoms with Crippen LogP contribution in [0.4, 0.5) is 4.39 Å². The van der Waals surface area contributed by atoms with Gasteiger partial charge in [0.15, 0.2) is 4.77 Å². The van der Waals surface area contributed by atoms with Gasteiger partial charge in [0.1, 0.15) is 5.82 Å². The summed E-state index contributed by atoms with van der Waals surface area (Å²) in [4.78, 5) is 5.66. The van der Waals surface area contributed by atoms with Crippen LogP contribution in [0, 0.1) is 17.5 Å². The fraction of sp³-hybridized carbons (Fsp3) is 0.267. The van der Waals surface area contributed by atoms with E-state index in [-0.39, 0.29) is 11.1 Å². The molecule has 0 spiro atoms. The molecule has 2 aromatic heterocycles. The van der Waals surface area contributed by atoms with Gasteiger partial charge in [0, 0.05) is 28.3 Å². The smallest absolute Gasteiger partial charge is 0.178 e. The third-order valence-electron chi connectivity index (χ3n) is 3.49. The Labute approximate surface area is 136 Å². The van der Waals surface area contributed by atoms with Crippen LogP contribution < -0.4 is 0 Å². The van der Waals surface area contributed by atoms with Gasteiger partial charge < -0.3 is 9.55 Å². The minimum atomic E-state index is -0.436. The second-order valence-corrected chi connectivity index (χ2v) is 7.32. The highest BCUT2D eigenvalue weighted by Gasteiger charge is 2.14. The number of aryl methyl sites for hydroxylation is 1. The Bertz CT molecular complexity index is 862. The molecule has 1 unspecified atom stereocenters. The van der Waals surface area contributed by atoms with E-state index in [9.17, 15) is 4.39 Å². The van der Waals surface area contributed by atoms with E-state index in [0.717, 1.165) is 11.9 Å². The van der Waals surface area contributed by atoms with Crippen LogP contribution in [0.5, 0.6) is 0 Å². The van der Waals surface area contributed by atoms with Crippen LogP contribution in [0.1, 0.15) is 22.7 Å². The number of H-pyrrole nitrogens is 1. The lowest BCUT2D eigenvalue weighted by molar-refractivity contribution is 0.557. The Morgan fingerprint density at radius 2 is 2.19 bits per heavy atom. The van der Waals surface area contributed by atoms with Crippen LogP contribution in [-0.4, -0.2) is 9.55 Å². The second kappa shape index (κ2) is 5.55. The molecule has 3 aromatic rings. The first-order valence-electron chi connectivity index (χ1n) is 6.60. The molecule has 0 aliphatic carbocycles. The molecule has 0 aliphatic heterocycles. The van der Waals surface area contributed by atoms with E-state index in [2.05, 4.69) is 31.0 Å². The summed E-state index contributed by atoms with van der Waals surface area (Å²) in [5.41, 5.74) is 1.52. The Morgan fingerprint density at radius 1 is 1.43 bits per heavy atom. The van der Waals surface area contributed by atoms with Gasteiger partial charge in [0.25, 0.3) is 0 Å². The lowest BCUT2D eigenvalue weighted by atomic mass is 10.2. The molecule has 0 saturated heterocycles. The van der Waals surface area contributed by atoms with E-state index in [0.29, 0.717) is 10.3 Å². The Balaban J connectivity index is 2.04. The zero-order chi connectivity index (χ0) is 15.1. The van der Waals surface area contributed by atoms with Crippen molar-refractivity contribution < 1.29 is 4.39 Å². The topological polar surface area (TPSA) is 20.7 Å². The summed E-state index contributed by atoms with van der Waals surface area (Å²) in [5.74, 6) is -0.436. The van der Waals surface area contributed by atoms with Crippen LogP contribution in [0.25, 0.3) is 11.0 Å². The second-order valence-electron chi connectivity index (χ2n) is 5.15. The molecule has 21 heavy (non-hydrogen) atoms. The predicted molar refractivity (Wildman–Crippen MR) is 89.6 cm³/mol. The summed E-state index contributed by atoms with van der Waals surface area (Å²) < 4.78 is 16.1. The van der Waals surface area contributed by atoms with Crippen LogP contribution in [0.15, 0.2) is 24.3 Å². The van der Waals surface area contributed by atoms with Crippen molar-refractivity contribution in [3.05, 3.63) is 49.6 Å². The maximum absolute atomic E-state index is 13.5. The normalized spacial score (nSPS) is 13.0. The molecule has 0 radical (unpaired) electrons. The number of fused-ring (bicyclic) bond motifs is 1. The maximum Gasteiger partial charge on any atom is 0.178 e. The third-order valence-corrected chi connectivity index (χ3v) is 5.10. The average molecular weight is 341 g/mol. The van der Waals surface area contributed by atoms with Crippen molar-refractivity contribution in [2.75, 3.05) is 0 Å². The minimum Gasteiger partial charge on any atom is -0.330 e. The number of benzene rings is 1. The molecule has 1 N–H and O–H groups in total. The number of rotatable bonds is 3. The Kier molecular flexibility index (Phi) is 3.90. The fourth-order valence-corrected chi connectivity index (χ4v) is 4.09. The first-order valence-corrected chi connectivity index (χ1v) is 8.20. The van der Waals surface area contributed by atoms with Gasteiger partial charge in [0.05, 0.1) is 16.1 Å². The van der Waals surface area contributed by atoms with Crippen molar-refractivity contribution in [1.29, 1.82) is 0 Å². The van der Waals surface area contributed by atoms with Crippen molar-refractivity contribution >= 4 is 46.2 Å². The van der Waals surface area contributed by atoms with E-state index < -0.39 is 5.82 Å². The quantitative estimate of drug-likeness (QED) is 0.609.